The quantitative estimate of drug-likeness (QED) is 0.406. The largest absolute Gasteiger partial charge is 0.497 e. The van der Waals surface area contributed by atoms with Gasteiger partial charge >= 0.3 is 5.97 Å². The van der Waals surface area contributed by atoms with Crippen LogP contribution in [0, 0.1) is 6.92 Å². The molecular weight excluding hydrogens is 432 g/mol. The highest BCUT2D eigenvalue weighted by molar-refractivity contribution is 5.87. The summed E-state index contributed by atoms with van der Waals surface area (Å²) < 4.78 is 15.2. The van der Waals surface area contributed by atoms with E-state index in [2.05, 4.69) is 10.2 Å². The predicted octanol–water partition coefficient (Wildman–Crippen LogP) is 5.53. The lowest BCUT2D eigenvalue weighted by Crippen LogP contribution is -1.95. The number of carboxylic acids is 1. The van der Waals surface area contributed by atoms with Crippen molar-refractivity contribution in [2.75, 3.05) is 21.3 Å². The van der Waals surface area contributed by atoms with Crippen LogP contribution in [0.15, 0.2) is 78.9 Å². The molecule has 0 amide bonds. The Morgan fingerprint density at radius 2 is 1.12 bits per heavy atom. The highest BCUT2D eigenvalue weighted by Crippen LogP contribution is 2.26. The van der Waals surface area contributed by atoms with Crippen molar-refractivity contribution in [1.29, 1.82) is 0 Å². The van der Waals surface area contributed by atoms with Gasteiger partial charge in [0, 0.05) is 11.1 Å². The van der Waals surface area contributed by atoms with Crippen LogP contribution in [-0.2, 0) is 0 Å². The van der Waals surface area contributed by atoms with E-state index in [9.17, 15) is 4.79 Å². The minimum atomic E-state index is -0.923. The molecule has 0 spiro atoms. The van der Waals surface area contributed by atoms with Crippen LogP contribution in [0.3, 0.4) is 0 Å². The van der Waals surface area contributed by atoms with Crippen molar-refractivity contribution >= 4 is 5.97 Å². The van der Waals surface area contributed by atoms with Gasteiger partial charge in [-0.05, 0) is 91.3 Å². The highest BCUT2D eigenvalue weighted by Gasteiger charge is 2.08. The fourth-order valence-electron chi connectivity index (χ4n) is 3.16. The predicted molar refractivity (Wildman–Crippen MR) is 131 cm³/mol. The van der Waals surface area contributed by atoms with E-state index < -0.39 is 5.97 Å². The summed E-state index contributed by atoms with van der Waals surface area (Å²) in [5.41, 5.74) is 5.12. The standard InChI is InChI=1S/C19H18N2O2.C8H8O3/c1-13-12-18(14-4-8-16(22-2)9-5-14)20-21-19(13)15-6-10-17(23-3)11-7-15;1-11-7-4-2-6(3-5-7)8(9)10/h4-12H,1-3H3;2-5H,1H3,(H,9,10). The fourth-order valence-corrected chi connectivity index (χ4v) is 3.16. The third kappa shape index (κ3) is 6.10. The number of hydrogen-bond acceptors (Lipinski definition) is 6. The number of carbonyl (C=O) groups is 1. The van der Waals surface area contributed by atoms with E-state index in [0.717, 1.165) is 39.6 Å². The zero-order valence-electron chi connectivity index (χ0n) is 19.5. The molecule has 0 fully saturated rings. The molecule has 0 atom stereocenters. The van der Waals surface area contributed by atoms with Crippen molar-refractivity contribution in [1.82, 2.24) is 10.2 Å². The summed E-state index contributed by atoms with van der Waals surface area (Å²) in [4.78, 5) is 10.4. The van der Waals surface area contributed by atoms with E-state index in [1.807, 2.05) is 61.5 Å². The molecule has 0 aliphatic carbocycles. The monoisotopic (exact) mass is 458 g/mol. The Morgan fingerprint density at radius 3 is 1.53 bits per heavy atom. The molecule has 7 nitrogen and oxygen atoms in total. The molecule has 3 aromatic carbocycles. The summed E-state index contributed by atoms with van der Waals surface area (Å²) in [6.07, 6.45) is 0. The zero-order chi connectivity index (χ0) is 24.5. The lowest BCUT2D eigenvalue weighted by molar-refractivity contribution is 0.0697. The summed E-state index contributed by atoms with van der Waals surface area (Å²) in [5.74, 6) is 1.39. The molecular formula is C27H26N2O5. The second-order valence-electron chi connectivity index (χ2n) is 7.25. The number of benzene rings is 3. The summed E-state index contributed by atoms with van der Waals surface area (Å²) in [7, 11) is 4.85. The Hall–Kier alpha value is -4.39. The maximum atomic E-state index is 10.4. The molecule has 1 aromatic heterocycles. The van der Waals surface area contributed by atoms with Crippen LogP contribution >= 0.6 is 0 Å². The van der Waals surface area contributed by atoms with Crippen molar-refractivity contribution < 1.29 is 24.1 Å². The number of ether oxygens (including phenoxy) is 3. The molecule has 1 N–H and O–H groups in total. The number of carboxylic acid groups (broad SMARTS) is 1. The lowest BCUT2D eigenvalue weighted by atomic mass is 10.0. The molecule has 4 aromatic rings. The molecule has 0 saturated heterocycles. The molecule has 7 heteroatoms. The molecule has 0 radical (unpaired) electrons. The van der Waals surface area contributed by atoms with Gasteiger partial charge in [-0.15, -0.1) is 10.2 Å². The maximum Gasteiger partial charge on any atom is 0.335 e. The van der Waals surface area contributed by atoms with Crippen LogP contribution in [0.4, 0.5) is 0 Å². The number of aromatic carboxylic acids is 1. The Balaban J connectivity index is 0.000000248. The maximum absolute atomic E-state index is 10.4. The number of rotatable bonds is 6. The molecule has 0 aliphatic heterocycles. The van der Waals surface area contributed by atoms with E-state index in [1.165, 1.54) is 19.2 Å². The van der Waals surface area contributed by atoms with Crippen molar-refractivity contribution in [2.45, 2.75) is 6.92 Å². The lowest BCUT2D eigenvalue weighted by Gasteiger charge is -2.08. The van der Waals surface area contributed by atoms with Crippen molar-refractivity contribution in [3.8, 4) is 39.8 Å². The highest BCUT2D eigenvalue weighted by atomic mass is 16.5. The Morgan fingerprint density at radius 1 is 0.676 bits per heavy atom. The zero-order valence-corrected chi connectivity index (χ0v) is 19.5. The van der Waals surface area contributed by atoms with Crippen LogP contribution < -0.4 is 14.2 Å². The molecule has 34 heavy (non-hydrogen) atoms. The van der Waals surface area contributed by atoms with Gasteiger partial charge in [0.2, 0.25) is 0 Å². The van der Waals surface area contributed by atoms with E-state index in [0.29, 0.717) is 5.75 Å². The second kappa shape index (κ2) is 11.5. The van der Waals surface area contributed by atoms with Gasteiger partial charge < -0.3 is 19.3 Å². The number of hydrogen-bond donors (Lipinski definition) is 1. The normalized spacial score (nSPS) is 10.0. The topological polar surface area (TPSA) is 90.8 Å². The van der Waals surface area contributed by atoms with Crippen LogP contribution in [0.1, 0.15) is 15.9 Å². The van der Waals surface area contributed by atoms with Gasteiger partial charge in [0.1, 0.15) is 17.2 Å². The second-order valence-corrected chi connectivity index (χ2v) is 7.25. The first kappa shape index (κ1) is 24.3. The van der Waals surface area contributed by atoms with Crippen molar-refractivity contribution in [3.63, 3.8) is 0 Å². The van der Waals surface area contributed by atoms with Gasteiger partial charge in [-0.3, -0.25) is 0 Å². The van der Waals surface area contributed by atoms with Crippen LogP contribution in [0.2, 0.25) is 0 Å². The third-order valence-corrected chi connectivity index (χ3v) is 5.07. The average Bonchev–Trinajstić information content (AvgIpc) is 2.89. The summed E-state index contributed by atoms with van der Waals surface area (Å²) >= 11 is 0. The van der Waals surface area contributed by atoms with Crippen LogP contribution in [0.5, 0.6) is 17.2 Å². The summed E-state index contributed by atoms with van der Waals surface area (Å²) in [6.45, 7) is 2.04. The Kier molecular flexibility index (Phi) is 8.18. The minimum absolute atomic E-state index is 0.269. The first-order valence-corrected chi connectivity index (χ1v) is 10.5. The Bertz CT molecular complexity index is 1220. The van der Waals surface area contributed by atoms with Gasteiger partial charge in [0.15, 0.2) is 0 Å². The molecule has 0 saturated carbocycles. The molecule has 0 bridgehead atoms. The van der Waals surface area contributed by atoms with E-state index in [1.54, 1.807) is 26.4 Å². The first-order chi connectivity index (χ1) is 16.4. The van der Waals surface area contributed by atoms with E-state index in [-0.39, 0.29) is 5.56 Å². The first-order valence-electron chi connectivity index (χ1n) is 10.5. The third-order valence-electron chi connectivity index (χ3n) is 5.07. The number of aryl methyl sites for hydroxylation is 1. The van der Waals surface area contributed by atoms with Gasteiger partial charge in [0.05, 0.1) is 38.3 Å². The van der Waals surface area contributed by atoms with Gasteiger partial charge in [-0.2, -0.15) is 0 Å². The minimum Gasteiger partial charge on any atom is -0.497 e. The van der Waals surface area contributed by atoms with Crippen molar-refractivity contribution in [2.24, 2.45) is 0 Å². The molecule has 0 unspecified atom stereocenters. The summed E-state index contributed by atoms with van der Waals surface area (Å²) in [6, 6.07) is 23.9. The van der Waals surface area contributed by atoms with Gasteiger partial charge in [-0.1, -0.05) is 0 Å². The fraction of sp³-hybridized carbons (Fsp3) is 0.148. The molecule has 0 aliphatic rings. The molecule has 174 valence electrons. The van der Waals surface area contributed by atoms with Crippen LogP contribution in [-0.4, -0.2) is 42.6 Å². The molecule has 4 rings (SSSR count). The SMILES string of the molecule is COc1ccc(-c2cc(C)c(-c3ccc(OC)cc3)nn2)cc1.COc1ccc(C(=O)O)cc1. The van der Waals surface area contributed by atoms with Gasteiger partial charge in [-0.25, -0.2) is 4.79 Å². The van der Waals surface area contributed by atoms with Crippen LogP contribution in [0.25, 0.3) is 22.5 Å². The van der Waals surface area contributed by atoms with E-state index >= 15 is 0 Å². The smallest absolute Gasteiger partial charge is 0.335 e. The number of methoxy groups -OCH3 is 3. The number of nitrogens with zero attached hydrogens (tertiary/aromatic N) is 2. The summed E-state index contributed by atoms with van der Waals surface area (Å²) in [5, 5.41) is 17.3. The van der Waals surface area contributed by atoms with Crippen molar-refractivity contribution in [3.05, 3.63) is 90.0 Å². The Labute approximate surface area is 198 Å². The number of aromatic nitrogens is 2. The molecule has 1 heterocycles. The van der Waals surface area contributed by atoms with Gasteiger partial charge in [0.25, 0.3) is 0 Å². The van der Waals surface area contributed by atoms with E-state index in [4.69, 9.17) is 19.3 Å². The average molecular weight is 459 g/mol.